The van der Waals surface area contributed by atoms with Crippen LogP contribution in [0.3, 0.4) is 0 Å². The maximum atomic E-state index is 10.1. The normalized spacial score (nSPS) is 12.9. The van der Waals surface area contributed by atoms with Crippen molar-refractivity contribution in [1.29, 1.82) is 0 Å². The van der Waals surface area contributed by atoms with E-state index in [1.54, 1.807) is 21.3 Å². The van der Waals surface area contributed by atoms with E-state index in [0.29, 0.717) is 0 Å². The van der Waals surface area contributed by atoms with Crippen molar-refractivity contribution >= 4 is 24.0 Å². The average molecular weight is 273 g/mol. The molecule has 0 saturated carbocycles. The number of fused-ring (bicyclic) bond motifs is 1. The van der Waals surface area contributed by atoms with E-state index in [9.17, 15) is 5.11 Å². The van der Waals surface area contributed by atoms with Gasteiger partial charge in [0, 0.05) is 24.8 Å². The van der Waals surface area contributed by atoms with Crippen LogP contribution in [0.15, 0.2) is 18.5 Å². The minimum atomic E-state index is -0.928. The number of hydrogen-bond donors (Lipinski definition) is 1. The average Bonchev–Trinajstić information content (AvgIpc) is 2.62. The molecule has 20 heavy (non-hydrogen) atoms. The molecule has 107 valence electrons. The summed E-state index contributed by atoms with van der Waals surface area (Å²) in [5.74, 6) is 0. The van der Waals surface area contributed by atoms with Crippen molar-refractivity contribution in [2.75, 3.05) is 0 Å². The van der Waals surface area contributed by atoms with E-state index < -0.39 is 11.2 Å². The van der Waals surface area contributed by atoms with Gasteiger partial charge in [0.15, 0.2) is 0 Å². The third-order valence-corrected chi connectivity index (χ3v) is 3.94. The minimum Gasteiger partial charge on any atom is -0.427 e. The Kier molecular flexibility index (Phi) is 3.69. The van der Waals surface area contributed by atoms with Crippen molar-refractivity contribution in [3.63, 3.8) is 0 Å². The zero-order valence-corrected chi connectivity index (χ0v) is 13.1. The molecular formula is C15H22BN2O2. The van der Waals surface area contributed by atoms with Gasteiger partial charge in [-0.25, -0.2) is 4.98 Å². The molecule has 2 heterocycles. The Morgan fingerprint density at radius 2 is 1.95 bits per heavy atom. The third kappa shape index (κ3) is 2.74. The summed E-state index contributed by atoms with van der Waals surface area (Å²) < 4.78 is 7.80. The standard InChI is InChI=1S/C15H22BN2O2/c1-10-7-11-12(9-18(6)13(11)17-8-10)16-20-15(4,5)14(2,3)19/h7-9,19H,1-6H3. The summed E-state index contributed by atoms with van der Waals surface area (Å²) in [7, 11) is 3.67. The van der Waals surface area contributed by atoms with Crippen molar-refractivity contribution in [3.8, 4) is 0 Å². The summed E-state index contributed by atoms with van der Waals surface area (Å²) in [5, 5.41) is 11.2. The second-order valence-corrected chi connectivity index (χ2v) is 6.38. The van der Waals surface area contributed by atoms with Crippen LogP contribution in [0, 0.1) is 6.92 Å². The number of nitrogens with zero attached hydrogens (tertiary/aromatic N) is 2. The number of pyridine rings is 1. The van der Waals surface area contributed by atoms with Gasteiger partial charge in [-0.2, -0.15) is 0 Å². The van der Waals surface area contributed by atoms with Gasteiger partial charge in [0.05, 0.1) is 11.2 Å². The summed E-state index contributed by atoms with van der Waals surface area (Å²) in [6.45, 7) is 9.26. The Morgan fingerprint density at radius 1 is 1.30 bits per heavy atom. The fourth-order valence-electron chi connectivity index (χ4n) is 1.84. The Morgan fingerprint density at radius 3 is 2.55 bits per heavy atom. The quantitative estimate of drug-likeness (QED) is 0.862. The first kappa shape index (κ1) is 15.1. The van der Waals surface area contributed by atoms with Crippen LogP contribution in [0.2, 0.25) is 0 Å². The molecule has 5 heteroatoms. The lowest BCUT2D eigenvalue weighted by atomic mass is 9.82. The first-order chi connectivity index (χ1) is 9.12. The molecule has 2 aromatic heterocycles. The van der Waals surface area contributed by atoms with Crippen LogP contribution < -0.4 is 5.46 Å². The first-order valence-electron chi connectivity index (χ1n) is 6.77. The molecule has 0 saturated heterocycles. The molecule has 1 N–H and O–H groups in total. The third-order valence-electron chi connectivity index (χ3n) is 3.94. The minimum absolute atomic E-state index is 0.674. The van der Waals surface area contributed by atoms with Crippen LogP contribution in [0.25, 0.3) is 11.0 Å². The van der Waals surface area contributed by atoms with Crippen LogP contribution in [0.4, 0.5) is 0 Å². The Bertz CT molecular complexity index is 627. The number of hydrogen-bond acceptors (Lipinski definition) is 3. The van der Waals surface area contributed by atoms with E-state index in [2.05, 4.69) is 11.1 Å². The predicted molar refractivity (Wildman–Crippen MR) is 82.3 cm³/mol. The maximum Gasteiger partial charge on any atom is 0.333 e. The van der Waals surface area contributed by atoms with Gasteiger partial charge in [0.25, 0.3) is 0 Å². The van der Waals surface area contributed by atoms with Gasteiger partial charge in [-0.15, -0.1) is 0 Å². The van der Waals surface area contributed by atoms with Crippen molar-refractivity contribution in [1.82, 2.24) is 9.55 Å². The molecule has 0 spiro atoms. The van der Waals surface area contributed by atoms with Crippen LogP contribution >= 0.6 is 0 Å². The van der Waals surface area contributed by atoms with Crippen molar-refractivity contribution < 1.29 is 9.76 Å². The molecule has 0 bridgehead atoms. The Labute approximate surface area is 121 Å². The van der Waals surface area contributed by atoms with Crippen LogP contribution in [-0.2, 0) is 11.7 Å². The van der Waals surface area contributed by atoms with Crippen molar-refractivity contribution in [3.05, 3.63) is 24.0 Å². The molecule has 2 aromatic rings. The second kappa shape index (κ2) is 4.90. The van der Waals surface area contributed by atoms with E-state index in [4.69, 9.17) is 4.65 Å². The highest BCUT2D eigenvalue weighted by Crippen LogP contribution is 2.24. The van der Waals surface area contributed by atoms with Crippen LogP contribution in [0.5, 0.6) is 0 Å². The van der Waals surface area contributed by atoms with Crippen LogP contribution in [0.1, 0.15) is 33.3 Å². The molecule has 4 nitrogen and oxygen atoms in total. The van der Waals surface area contributed by atoms with Gasteiger partial charge in [-0.05, 0) is 51.7 Å². The van der Waals surface area contributed by atoms with Gasteiger partial charge in [0.1, 0.15) is 5.65 Å². The summed E-state index contributed by atoms with van der Waals surface area (Å²) in [6, 6.07) is 2.09. The lowest BCUT2D eigenvalue weighted by Gasteiger charge is -2.37. The van der Waals surface area contributed by atoms with Gasteiger partial charge < -0.3 is 14.3 Å². The number of rotatable bonds is 4. The number of aromatic nitrogens is 2. The van der Waals surface area contributed by atoms with E-state index >= 15 is 0 Å². The van der Waals surface area contributed by atoms with Gasteiger partial charge >= 0.3 is 7.48 Å². The zero-order chi connectivity index (χ0) is 15.1. The molecule has 0 fully saturated rings. The van der Waals surface area contributed by atoms with Crippen molar-refractivity contribution in [2.24, 2.45) is 7.05 Å². The Hall–Kier alpha value is -1.33. The highest BCUT2D eigenvalue weighted by Gasteiger charge is 2.36. The van der Waals surface area contributed by atoms with E-state index in [0.717, 1.165) is 22.1 Å². The fraction of sp³-hybridized carbons (Fsp3) is 0.533. The zero-order valence-electron chi connectivity index (χ0n) is 13.1. The SMILES string of the molecule is Cc1cnc2c(c1)c([B]OC(C)(C)C(C)(C)O)cn2C. The molecule has 2 rings (SSSR count). The van der Waals surface area contributed by atoms with E-state index in [1.165, 1.54) is 0 Å². The van der Waals surface area contributed by atoms with E-state index in [1.807, 2.05) is 44.8 Å². The summed E-state index contributed by atoms with van der Waals surface area (Å²) in [4.78, 5) is 4.43. The first-order valence-corrected chi connectivity index (χ1v) is 6.77. The highest BCUT2D eigenvalue weighted by atomic mass is 16.5. The number of aryl methyl sites for hydroxylation is 2. The molecule has 0 aliphatic carbocycles. The molecule has 1 radical (unpaired) electrons. The fourth-order valence-corrected chi connectivity index (χ4v) is 1.84. The summed E-state index contributed by atoms with van der Waals surface area (Å²) >= 11 is 0. The monoisotopic (exact) mass is 273 g/mol. The predicted octanol–water partition coefficient (Wildman–Crippen LogP) is 1.69. The lowest BCUT2D eigenvalue weighted by molar-refractivity contribution is -0.0893. The molecular weight excluding hydrogens is 251 g/mol. The maximum absolute atomic E-state index is 10.1. The molecule has 0 aliphatic rings. The molecule has 0 aromatic carbocycles. The summed E-state index contributed by atoms with van der Waals surface area (Å²) in [6.07, 6.45) is 3.84. The molecule has 0 amide bonds. The van der Waals surface area contributed by atoms with Crippen molar-refractivity contribution in [2.45, 2.75) is 45.8 Å². The van der Waals surface area contributed by atoms with E-state index in [-0.39, 0.29) is 0 Å². The Balaban J connectivity index is 2.29. The second-order valence-electron chi connectivity index (χ2n) is 6.38. The molecule has 0 unspecified atom stereocenters. The smallest absolute Gasteiger partial charge is 0.333 e. The van der Waals surface area contributed by atoms with Gasteiger partial charge in [-0.3, -0.25) is 0 Å². The lowest BCUT2D eigenvalue weighted by Crippen LogP contribution is -2.49. The summed E-state index contributed by atoms with van der Waals surface area (Å²) in [5.41, 5.74) is 1.40. The van der Waals surface area contributed by atoms with Gasteiger partial charge in [-0.1, -0.05) is 0 Å². The van der Waals surface area contributed by atoms with Crippen LogP contribution in [-0.4, -0.2) is 33.3 Å². The number of aliphatic hydroxyl groups is 1. The highest BCUT2D eigenvalue weighted by molar-refractivity contribution is 6.51. The molecule has 0 atom stereocenters. The topological polar surface area (TPSA) is 47.3 Å². The van der Waals surface area contributed by atoms with Gasteiger partial charge in [0.2, 0.25) is 0 Å². The molecule has 0 aliphatic heterocycles. The largest absolute Gasteiger partial charge is 0.427 e.